The first kappa shape index (κ1) is 16.3. The van der Waals surface area contributed by atoms with Crippen molar-refractivity contribution in [1.82, 2.24) is 25.3 Å². The molecule has 2 N–H and O–H groups in total. The minimum Gasteiger partial charge on any atom is -0.335 e. The molecular formula is C17H29N5O. The van der Waals surface area contributed by atoms with Crippen LogP contribution in [0.1, 0.15) is 38.1 Å². The molecule has 1 aliphatic carbocycles. The number of urea groups is 1. The van der Waals surface area contributed by atoms with Gasteiger partial charge >= 0.3 is 6.03 Å². The molecule has 1 saturated heterocycles. The third-order valence-electron chi connectivity index (χ3n) is 4.73. The fourth-order valence-electron chi connectivity index (χ4n) is 3.47. The van der Waals surface area contributed by atoms with Gasteiger partial charge in [-0.15, -0.1) is 0 Å². The lowest BCUT2D eigenvalue weighted by Gasteiger charge is -2.24. The molecule has 0 aromatic carbocycles. The van der Waals surface area contributed by atoms with Crippen LogP contribution < -0.4 is 5.32 Å². The van der Waals surface area contributed by atoms with Crippen molar-refractivity contribution in [3.05, 3.63) is 17.5 Å². The Kier molecular flexibility index (Phi) is 4.90. The van der Waals surface area contributed by atoms with E-state index in [9.17, 15) is 4.79 Å². The first-order chi connectivity index (χ1) is 11.0. The maximum Gasteiger partial charge on any atom is 0.317 e. The Morgan fingerprint density at radius 1 is 1.43 bits per heavy atom. The van der Waals surface area contributed by atoms with Gasteiger partial charge in [0.2, 0.25) is 0 Å². The fourth-order valence-corrected chi connectivity index (χ4v) is 3.47. The minimum absolute atomic E-state index is 0.0641. The largest absolute Gasteiger partial charge is 0.335 e. The number of hydrogen-bond donors (Lipinski definition) is 2. The molecule has 0 bridgehead atoms. The third kappa shape index (κ3) is 4.47. The lowest BCUT2D eigenvalue weighted by Crippen LogP contribution is -2.46. The van der Waals surface area contributed by atoms with E-state index in [1.54, 1.807) is 0 Å². The molecule has 2 heterocycles. The van der Waals surface area contributed by atoms with Gasteiger partial charge < -0.3 is 10.2 Å². The van der Waals surface area contributed by atoms with Crippen LogP contribution in [0.25, 0.3) is 0 Å². The number of amides is 2. The van der Waals surface area contributed by atoms with Crippen LogP contribution in [0.15, 0.2) is 6.07 Å². The Bertz CT molecular complexity index is 539. The summed E-state index contributed by atoms with van der Waals surface area (Å²) in [5.41, 5.74) is 2.06. The van der Waals surface area contributed by atoms with Crippen molar-refractivity contribution in [2.45, 2.75) is 52.1 Å². The molecule has 2 unspecified atom stereocenters. The molecule has 128 valence electrons. The van der Waals surface area contributed by atoms with Crippen molar-refractivity contribution in [2.75, 3.05) is 26.2 Å². The van der Waals surface area contributed by atoms with Gasteiger partial charge in [0.05, 0.1) is 5.69 Å². The van der Waals surface area contributed by atoms with E-state index in [0.717, 1.165) is 50.0 Å². The van der Waals surface area contributed by atoms with Crippen LogP contribution in [0, 0.1) is 12.8 Å². The number of nitrogens with one attached hydrogen (secondary N) is 2. The normalized spacial score (nSPS) is 24.3. The van der Waals surface area contributed by atoms with E-state index in [1.807, 2.05) is 24.8 Å². The lowest BCUT2D eigenvalue weighted by atomic mass is 10.1. The number of carbonyl (C=O) groups excluding carboxylic acids is 1. The van der Waals surface area contributed by atoms with Crippen molar-refractivity contribution < 1.29 is 4.79 Å². The van der Waals surface area contributed by atoms with Gasteiger partial charge in [0.15, 0.2) is 0 Å². The van der Waals surface area contributed by atoms with E-state index >= 15 is 0 Å². The van der Waals surface area contributed by atoms with Crippen molar-refractivity contribution in [3.8, 4) is 0 Å². The lowest BCUT2D eigenvalue weighted by molar-refractivity contribution is 0.191. The number of aromatic amines is 1. The summed E-state index contributed by atoms with van der Waals surface area (Å²) in [5.74, 6) is 0.535. The number of aromatic nitrogens is 2. The maximum absolute atomic E-state index is 12.6. The second-order valence-electron chi connectivity index (χ2n) is 7.37. The van der Waals surface area contributed by atoms with Gasteiger partial charge in [-0.3, -0.25) is 10.00 Å². The summed E-state index contributed by atoms with van der Waals surface area (Å²) in [7, 11) is 0. The van der Waals surface area contributed by atoms with Gasteiger partial charge in [-0.05, 0) is 38.7 Å². The highest BCUT2D eigenvalue weighted by atomic mass is 16.2. The molecule has 1 aromatic heterocycles. The smallest absolute Gasteiger partial charge is 0.317 e. The number of hydrogen-bond acceptors (Lipinski definition) is 3. The Morgan fingerprint density at radius 3 is 2.87 bits per heavy atom. The molecule has 0 spiro atoms. The third-order valence-corrected chi connectivity index (χ3v) is 4.73. The van der Waals surface area contributed by atoms with Crippen LogP contribution in [-0.4, -0.2) is 64.3 Å². The van der Waals surface area contributed by atoms with Crippen molar-refractivity contribution in [2.24, 2.45) is 5.92 Å². The number of aryl methyl sites for hydroxylation is 1. The quantitative estimate of drug-likeness (QED) is 0.889. The van der Waals surface area contributed by atoms with E-state index in [0.29, 0.717) is 5.92 Å². The van der Waals surface area contributed by atoms with Crippen LogP contribution in [0.3, 0.4) is 0 Å². The van der Waals surface area contributed by atoms with Crippen molar-refractivity contribution >= 4 is 6.03 Å². The minimum atomic E-state index is 0.0641. The van der Waals surface area contributed by atoms with E-state index < -0.39 is 0 Å². The van der Waals surface area contributed by atoms with Crippen molar-refractivity contribution in [1.29, 1.82) is 0 Å². The van der Waals surface area contributed by atoms with Gasteiger partial charge in [0.1, 0.15) is 0 Å². The molecule has 3 rings (SSSR count). The molecule has 2 fully saturated rings. The average molecular weight is 319 g/mol. The van der Waals surface area contributed by atoms with Crippen LogP contribution in [0.4, 0.5) is 4.79 Å². The van der Waals surface area contributed by atoms with Crippen LogP contribution in [0.2, 0.25) is 0 Å². The Labute approximate surface area is 138 Å². The second-order valence-corrected chi connectivity index (χ2v) is 7.37. The molecule has 6 nitrogen and oxygen atoms in total. The first-order valence-electron chi connectivity index (χ1n) is 8.81. The van der Waals surface area contributed by atoms with Gasteiger partial charge in [-0.25, -0.2) is 4.79 Å². The van der Waals surface area contributed by atoms with Gasteiger partial charge in [-0.1, -0.05) is 6.92 Å². The number of carbonyl (C=O) groups is 1. The summed E-state index contributed by atoms with van der Waals surface area (Å²) >= 11 is 0. The van der Waals surface area contributed by atoms with E-state index in [4.69, 9.17) is 0 Å². The van der Waals surface area contributed by atoms with Gasteiger partial charge in [-0.2, -0.15) is 5.10 Å². The predicted molar refractivity (Wildman–Crippen MR) is 90.4 cm³/mol. The summed E-state index contributed by atoms with van der Waals surface area (Å²) in [5, 5.41) is 10.3. The van der Waals surface area contributed by atoms with E-state index in [1.165, 1.54) is 12.8 Å². The summed E-state index contributed by atoms with van der Waals surface area (Å²) in [6.45, 7) is 10.1. The molecule has 2 amide bonds. The molecule has 2 atom stereocenters. The number of rotatable bonds is 4. The number of nitrogens with zero attached hydrogens (tertiary/aromatic N) is 3. The predicted octanol–water partition coefficient (Wildman–Crippen LogP) is 1.77. The second kappa shape index (κ2) is 6.91. The molecule has 2 aliphatic rings. The summed E-state index contributed by atoms with van der Waals surface area (Å²) in [6.07, 6.45) is 3.42. The van der Waals surface area contributed by atoms with Crippen LogP contribution in [0.5, 0.6) is 0 Å². The average Bonchev–Trinajstić information content (AvgIpc) is 3.26. The summed E-state index contributed by atoms with van der Waals surface area (Å²) in [4.78, 5) is 17.1. The molecule has 6 heteroatoms. The SMILES string of the molecule is Cc1cc(CC(C)NC(=O)N2CCN(C3CC3)CC(C)C2)n[nH]1. The first-order valence-corrected chi connectivity index (χ1v) is 8.81. The highest BCUT2D eigenvalue weighted by molar-refractivity contribution is 5.74. The highest BCUT2D eigenvalue weighted by Gasteiger charge is 2.33. The van der Waals surface area contributed by atoms with E-state index in [-0.39, 0.29) is 12.1 Å². The molecule has 1 saturated carbocycles. The maximum atomic E-state index is 12.6. The molecule has 23 heavy (non-hydrogen) atoms. The standard InChI is InChI=1S/C17H29N5O/c1-12-10-21(16-4-5-16)6-7-22(11-12)17(23)18-13(2)8-15-9-14(3)19-20-15/h9,12-13,16H,4-8,10-11H2,1-3H3,(H,18,23)(H,19,20). The van der Waals surface area contributed by atoms with Crippen LogP contribution >= 0.6 is 0 Å². The topological polar surface area (TPSA) is 64.3 Å². The zero-order chi connectivity index (χ0) is 16.4. The molecule has 1 aromatic rings. The fraction of sp³-hybridized carbons (Fsp3) is 0.765. The van der Waals surface area contributed by atoms with Crippen molar-refractivity contribution in [3.63, 3.8) is 0 Å². The zero-order valence-electron chi connectivity index (χ0n) is 14.5. The number of H-pyrrole nitrogens is 1. The zero-order valence-corrected chi connectivity index (χ0v) is 14.5. The molecular weight excluding hydrogens is 290 g/mol. The Hall–Kier alpha value is -1.56. The monoisotopic (exact) mass is 319 g/mol. The summed E-state index contributed by atoms with van der Waals surface area (Å²) < 4.78 is 0. The van der Waals surface area contributed by atoms with Gasteiger partial charge in [0, 0.05) is 50.4 Å². The highest BCUT2D eigenvalue weighted by Crippen LogP contribution is 2.28. The molecule has 1 aliphatic heterocycles. The van der Waals surface area contributed by atoms with Crippen LogP contribution in [-0.2, 0) is 6.42 Å². The Morgan fingerprint density at radius 2 is 2.22 bits per heavy atom. The van der Waals surface area contributed by atoms with E-state index in [2.05, 4.69) is 27.3 Å². The summed E-state index contributed by atoms with van der Waals surface area (Å²) in [6, 6.07) is 2.96. The molecule has 0 radical (unpaired) electrons. The Balaban J connectivity index is 1.50. The van der Waals surface area contributed by atoms with Gasteiger partial charge in [0.25, 0.3) is 0 Å².